The molecule has 1 unspecified atom stereocenters. The molecule has 0 saturated carbocycles. The van der Waals surface area contributed by atoms with Crippen molar-refractivity contribution in [2.45, 2.75) is 52.7 Å². The molecule has 4 nitrogen and oxygen atoms in total. The molecule has 1 N–H and O–H groups in total. The fraction of sp³-hybridized carbons (Fsp3) is 0.909. The molecular weight excluding hydrogens is 194 g/mol. The van der Waals surface area contributed by atoms with E-state index < -0.39 is 5.60 Å². The van der Waals surface area contributed by atoms with Gasteiger partial charge in [0.1, 0.15) is 5.60 Å². The monoisotopic (exact) mass is 217 g/mol. The van der Waals surface area contributed by atoms with E-state index in [1.807, 2.05) is 27.7 Å². The molecule has 0 bridgehead atoms. The molecule has 0 saturated heterocycles. The highest BCUT2D eigenvalue weighted by atomic mass is 16.6. The Balaban J connectivity index is 4.42. The van der Waals surface area contributed by atoms with E-state index in [9.17, 15) is 4.79 Å². The number of hydrogen-bond donors (Lipinski definition) is 1. The van der Waals surface area contributed by atoms with Crippen LogP contribution in [0.5, 0.6) is 0 Å². The Hall–Kier alpha value is -0.770. The zero-order chi connectivity index (χ0) is 12.1. The first-order valence-electron chi connectivity index (χ1n) is 5.42. The highest BCUT2D eigenvalue weighted by Gasteiger charge is 2.24. The van der Waals surface area contributed by atoms with Crippen LogP contribution in [0.4, 0.5) is 4.79 Å². The summed E-state index contributed by atoms with van der Waals surface area (Å²) in [4.78, 5) is 13.3. The molecule has 1 atom stereocenters. The highest BCUT2D eigenvalue weighted by molar-refractivity contribution is 5.68. The highest BCUT2D eigenvalue weighted by Crippen LogP contribution is 2.12. The summed E-state index contributed by atoms with van der Waals surface area (Å²) in [5.41, 5.74) is -0.488. The van der Waals surface area contributed by atoms with E-state index in [2.05, 4.69) is 0 Å². The minimum Gasteiger partial charge on any atom is -0.444 e. The number of hydrogen-bond acceptors (Lipinski definition) is 3. The van der Waals surface area contributed by atoms with Gasteiger partial charge >= 0.3 is 6.09 Å². The third kappa shape index (κ3) is 5.62. The number of carbonyl (C=O) groups excluding carboxylic acids is 1. The molecule has 0 aromatic carbocycles. The smallest absolute Gasteiger partial charge is 0.410 e. The predicted molar refractivity (Wildman–Crippen MR) is 59.8 cm³/mol. The number of amides is 1. The number of nitrogens with zero attached hydrogens (tertiary/aromatic N) is 1. The predicted octanol–water partition coefficient (Wildman–Crippen LogP) is 2.01. The van der Waals surface area contributed by atoms with Crippen molar-refractivity contribution in [1.29, 1.82) is 0 Å². The standard InChI is InChI=1S/C11H23NO3/c1-6-7-12(9(2)8-13)10(14)15-11(3,4)5/h9,13H,6-8H2,1-5H3. The Morgan fingerprint density at radius 2 is 2.00 bits per heavy atom. The van der Waals surface area contributed by atoms with Crippen LogP contribution in [0.3, 0.4) is 0 Å². The van der Waals surface area contributed by atoms with Gasteiger partial charge in [-0.05, 0) is 34.1 Å². The fourth-order valence-electron chi connectivity index (χ4n) is 1.15. The van der Waals surface area contributed by atoms with Crippen molar-refractivity contribution in [3.8, 4) is 0 Å². The minimum absolute atomic E-state index is 0.0424. The van der Waals surface area contributed by atoms with Crippen LogP contribution in [-0.2, 0) is 4.74 Å². The van der Waals surface area contributed by atoms with Crippen LogP contribution < -0.4 is 0 Å². The van der Waals surface area contributed by atoms with E-state index in [4.69, 9.17) is 9.84 Å². The van der Waals surface area contributed by atoms with Crippen molar-refractivity contribution < 1.29 is 14.6 Å². The summed E-state index contributed by atoms with van der Waals surface area (Å²) >= 11 is 0. The van der Waals surface area contributed by atoms with E-state index in [0.717, 1.165) is 6.42 Å². The third-order valence-electron chi connectivity index (χ3n) is 1.89. The zero-order valence-electron chi connectivity index (χ0n) is 10.4. The Kier molecular flexibility index (Phi) is 5.65. The van der Waals surface area contributed by atoms with Crippen LogP contribution in [0.25, 0.3) is 0 Å². The normalized spacial score (nSPS) is 13.5. The molecular formula is C11H23NO3. The summed E-state index contributed by atoms with van der Waals surface area (Å²) in [6, 6.07) is -0.195. The van der Waals surface area contributed by atoms with Crippen molar-refractivity contribution >= 4 is 6.09 Å². The summed E-state index contributed by atoms with van der Waals surface area (Å²) in [6.45, 7) is 9.85. The van der Waals surface area contributed by atoms with E-state index >= 15 is 0 Å². The van der Waals surface area contributed by atoms with E-state index in [1.165, 1.54) is 0 Å². The van der Waals surface area contributed by atoms with Gasteiger partial charge in [0.15, 0.2) is 0 Å². The molecule has 1 amide bonds. The average molecular weight is 217 g/mol. The minimum atomic E-state index is -0.488. The summed E-state index contributed by atoms with van der Waals surface area (Å²) < 4.78 is 5.25. The maximum atomic E-state index is 11.7. The third-order valence-corrected chi connectivity index (χ3v) is 1.89. The maximum absolute atomic E-state index is 11.7. The van der Waals surface area contributed by atoms with Gasteiger partial charge in [-0.2, -0.15) is 0 Å². The molecule has 0 heterocycles. The van der Waals surface area contributed by atoms with Crippen LogP contribution in [0.15, 0.2) is 0 Å². The number of carbonyl (C=O) groups is 1. The van der Waals surface area contributed by atoms with E-state index in [-0.39, 0.29) is 18.7 Å². The molecule has 4 heteroatoms. The first kappa shape index (κ1) is 14.2. The van der Waals surface area contributed by atoms with Gasteiger partial charge in [0.25, 0.3) is 0 Å². The first-order valence-corrected chi connectivity index (χ1v) is 5.42. The molecule has 0 aromatic heterocycles. The van der Waals surface area contributed by atoms with Crippen LogP contribution >= 0.6 is 0 Å². The van der Waals surface area contributed by atoms with Gasteiger partial charge in [-0.25, -0.2) is 4.79 Å². The van der Waals surface area contributed by atoms with Crippen molar-refractivity contribution in [2.75, 3.05) is 13.2 Å². The van der Waals surface area contributed by atoms with Gasteiger partial charge in [0, 0.05) is 6.54 Å². The van der Waals surface area contributed by atoms with Crippen molar-refractivity contribution in [3.63, 3.8) is 0 Å². The second kappa shape index (κ2) is 5.95. The summed E-state index contributed by atoms with van der Waals surface area (Å²) in [5, 5.41) is 9.03. The maximum Gasteiger partial charge on any atom is 0.410 e. The number of aliphatic hydroxyl groups is 1. The van der Waals surface area contributed by atoms with Crippen molar-refractivity contribution in [2.24, 2.45) is 0 Å². The second-order valence-corrected chi connectivity index (χ2v) is 4.71. The van der Waals surface area contributed by atoms with E-state index in [0.29, 0.717) is 6.54 Å². The summed E-state index contributed by atoms with van der Waals surface area (Å²) in [6.07, 6.45) is 0.495. The Labute approximate surface area is 92.2 Å². The molecule has 0 aliphatic carbocycles. The van der Waals surface area contributed by atoms with E-state index in [1.54, 1.807) is 11.8 Å². The SMILES string of the molecule is CCCN(C(=O)OC(C)(C)C)C(C)CO. The van der Waals surface area contributed by atoms with Crippen LogP contribution in [0.2, 0.25) is 0 Å². The fourth-order valence-corrected chi connectivity index (χ4v) is 1.15. The van der Waals surface area contributed by atoms with Gasteiger partial charge < -0.3 is 14.7 Å². The Morgan fingerprint density at radius 1 is 1.47 bits per heavy atom. The molecule has 0 radical (unpaired) electrons. The van der Waals surface area contributed by atoms with Gasteiger partial charge in [-0.1, -0.05) is 6.92 Å². The molecule has 0 aromatic rings. The lowest BCUT2D eigenvalue weighted by Gasteiger charge is -2.30. The summed E-state index contributed by atoms with van der Waals surface area (Å²) in [7, 11) is 0. The molecule has 0 spiro atoms. The number of rotatable bonds is 4. The van der Waals surface area contributed by atoms with Crippen LogP contribution in [-0.4, -0.2) is 40.9 Å². The van der Waals surface area contributed by atoms with Crippen LogP contribution in [0.1, 0.15) is 41.0 Å². The van der Waals surface area contributed by atoms with Crippen molar-refractivity contribution in [1.82, 2.24) is 4.90 Å². The van der Waals surface area contributed by atoms with Gasteiger partial charge in [-0.15, -0.1) is 0 Å². The molecule has 0 rings (SSSR count). The largest absolute Gasteiger partial charge is 0.444 e. The van der Waals surface area contributed by atoms with Crippen molar-refractivity contribution in [3.05, 3.63) is 0 Å². The molecule has 15 heavy (non-hydrogen) atoms. The topological polar surface area (TPSA) is 49.8 Å². The molecule has 0 aliphatic heterocycles. The average Bonchev–Trinajstić information content (AvgIpc) is 2.10. The lowest BCUT2D eigenvalue weighted by molar-refractivity contribution is 0.0116. The van der Waals surface area contributed by atoms with Crippen LogP contribution in [0, 0.1) is 0 Å². The zero-order valence-corrected chi connectivity index (χ0v) is 10.4. The first-order chi connectivity index (χ1) is 6.81. The van der Waals surface area contributed by atoms with Gasteiger partial charge in [-0.3, -0.25) is 0 Å². The number of aliphatic hydroxyl groups excluding tert-OH is 1. The lowest BCUT2D eigenvalue weighted by atomic mass is 10.2. The molecule has 0 fully saturated rings. The number of ether oxygens (including phenoxy) is 1. The molecule has 90 valence electrons. The quantitative estimate of drug-likeness (QED) is 0.783. The lowest BCUT2D eigenvalue weighted by Crippen LogP contribution is -2.44. The Morgan fingerprint density at radius 3 is 2.33 bits per heavy atom. The molecule has 0 aliphatic rings. The Bertz CT molecular complexity index is 198. The van der Waals surface area contributed by atoms with Gasteiger partial charge in [0.05, 0.1) is 12.6 Å². The van der Waals surface area contributed by atoms with Gasteiger partial charge in [0.2, 0.25) is 0 Å². The second-order valence-electron chi connectivity index (χ2n) is 4.71. The summed E-state index contributed by atoms with van der Waals surface area (Å²) in [5.74, 6) is 0.